The minimum Gasteiger partial charge on any atom is -0.375 e. The third-order valence-corrected chi connectivity index (χ3v) is 8.48. The van der Waals surface area contributed by atoms with Gasteiger partial charge in [0.25, 0.3) is 15.7 Å². The Labute approximate surface area is 190 Å². The molecule has 3 aromatic rings. The second-order valence-corrected chi connectivity index (χ2v) is 10.2. The lowest BCUT2D eigenvalue weighted by Gasteiger charge is -2.16. The molecular formula is C22H23N3O5S2. The summed E-state index contributed by atoms with van der Waals surface area (Å²) in [6.07, 6.45) is 0. The Balaban J connectivity index is 1.79. The molecule has 0 bridgehead atoms. The fourth-order valence-electron chi connectivity index (χ4n) is 3.19. The van der Waals surface area contributed by atoms with Crippen LogP contribution in [0.1, 0.15) is 34.6 Å². The quantitative estimate of drug-likeness (QED) is 0.263. The summed E-state index contributed by atoms with van der Waals surface area (Å²) in [5.74, 6) is -0.301. The van der Waals surface area contributed by atoms with Crippen molar-refractivity contribution in [3.63, 3.8) is 0 Å². The summed E-state index contributed by atoms with van der Waals surface area (Å²) in [6, 6.07) is 16.1. The Morgan fingerprint density at radius 3 is 2.34 bits per heavy atom. The molecule has 1 aromatic heterocycles. The number of sulfonamides is 1. The molecule has 0 atom stereocenters. The van der Waals surface area contributed by atoms with Crippen molar-refractivity contribution in [2.45, 2.75) is 24.6 Å². The lowest BCUT2D eigenvalue weighted by Crippen LogP contribution is -2.29. The number of benzene rings is 2. The fraction of sp³-hybridized carbons (Fsp3) is 0.227. The van der Waals surface area contributed by atoms with Crippen LogP contribution in [0, 0.1) is 10.1 Å². The van der Waals surface area contributed by atoms with Gasteiger partial charge in [-0.3, -0.25) is 14.9 Å². The molecular weight excluding hydrogens is 450 g/mol. The molecule has 3 rings (SSSR count). The van der Waals surface area contributed by atoms with Crippen LogP contribution in [0.4, 0.5) is 11.4 Å². The van der Waals surface area contributed by atoms with Crippen molar-refractivity contribution in [1.82, 2.24) is 4.31 Å². The summed E-state index contributed by atoms with van der Waals surface area (Å²) in [5, 5.41) is 14.6. The maximum atomic E-state index is 12.6. The van der Waals surface area contributed by atoms with Crippen LogP contribution in [0.3, 0.4) is 0 Å². The van der Waals surface area contributed by atoms with Gasteiger partial charge in [-0.2, -0.15) is 4.31 Å². The zero-order chi connectivity index (χ0) is 23.3. The van der Waals surface area contributed by atoms with Crippen molar-refractivity contribution in [3.05, 3.63) is 86.8 Å². The molecule has 2 aromatic carbocycles. The molecule has 10 heteroatoms. The number of hydrogen-bond acceptors (Lipinski definition) is 7. The van der Waals surface area contributed by atoms with E-state index in [0.29, 0.717) is 18.7 Å². The number of ketones is 1. The maximum Gasteiger partial charge on any atom is 0.293 e. The van der Waals surface area contributed by atoms with Crippen molar-refractivity contribution in [3.8, 4) is 0 Å². The van der Waals surface area contributed by atoms with Gasteiger partial charge in [-0.1, -0.05) is 44.2 Å². The number of anilines is 1. The van der Waals surface area contributed by atoms with Crippen molar-refractivity contribution in [1.29, 1.82) is 0 Å². The lowest BCUT2D eigenvalue weighted by molar-refractivity contribution is -0.384. The van der Waals surface area contributed by atoms with E-state index in [1.54, 1.807) is 56.3 Å². The van der Waals surface area contributed by atoms with Crippen molar-refractivity contribution in [2.24, 2.45) is 0 Å². The lowest BCUT2D eigenvalue weighted by atomic mass is 10.0. The normalized spacial score (nSPS) is 11.5. The third kappa shape index (κ3) is 5.04. The Kier molecular flexibility index (Phi) is 7.39. The van der Waals surface area contributed by atoms with Crippen LogP contribution in [-0.2, 0) is 16.6 Å². The highest BCUT2D eigenvalue weighted by Gasteiger charge is 2.24. The van der Waals surface area contributed by atoms with E-state index in [4.69, 9.17) is 0 Å². The first-order valence-electron chi connectivity index (χ1n) is 9.98. The predicted molar refractivity (Wildman–Crippen MR) is 125 cm³/mol. The van der Waals surface area contributed by atoms with Gasteiger partial charge in [0.2, 0.25) is 0 Å². The molecule has 32 heavy (non-hydrogen) atoms. The van der Waals surface area contributed by atoms with Crippen molar-refractivity contribution in [2.75, 3.05) is 18.4 Å². The number of carbonyl (C=O) groups is 1. The van der Waals surface area contributed by atoms with Crippen molar-refractivity contribution >= 4 is 38.5 Å². The maximum absolute atomic E-state index is 12.6. The summed E-state index contributed by atoms with van der Waals surface area (Å²) >= 11 is 1.12. The molecule has 1 heterocycles. The first kappa shape index (κ1) is 23.6. The predicted octanol–water partition coefficient (Wildman–Crippen LogP) is 4.53. The van der Waals surface area contributed by atoms with E-state index < -0.39 is 14.9 Å². The zero-order valence-corrected chi connectivity index (χ0v) is 19.3. The number of rotatable bonds is 10. The van der Waals surface area contributed by atoms with E-state index in [0.717, 1.165) is 16.2 Å². The Bertz CT molecular complexity index is 1220. The van der Waals surface area contributed by atoms with Crippen LogP contribution >= 0.6 is 11.3 Å². The van der Waals surface area contributed by atoms with E-state index in [9.17, 15) is 23.3 Å². The summed E-state index contributed by atoms with van der Waals surface area (Å²) in [6.45, 7) is 4.53. The molecule has 0 saturated carbocycles. The second kappa shape index (κ2) is 10.0. The highest BCUT2D eigenvalue weighted by atomic mass is 32.2. The fourth-order valence-corrected chi connectivity index (χ4v) is 6.10. The highest BCUT2D eigenvalue weighted by Crippen LogP contribution is 2.29. The number of hydrogen-bond donors (Lipinski definition) is 1. The number of nitro groups is 1. The number of thiophene rings is 1. The molecule has 0 saturated heterocycles. The molecule has 1 N–H and O–H groups in total. The number of carbonyl (C=O) groups excluding carboxylic acids is 1. The molecule has 0 aliphatic heterocycles. The molecule has 0 unspecified atom stereocenters. The SMILES string of the molecule is CCN(CC)S(=O)(=O)c1ccc(CNc2ccc(C(=O)c3ccccc3)cc2[N+](=O)[O-])s1. The molecule has 0 amide bonds. The first-order valence-corrected chi connectivity index (χ1v) is 12.2. The third-order valence-electron chi connectivity index (χ3n) is 4.88. The van der Waals surface area contributed by atoms with Gasteiger partial charge in [-0.25, -0.2) is 8.42 Å². The smallest absolute Gasteiger partial charge is 0.293 e. The summed E-state index contributed by atoms with van der Waals surface area (Å²) < 4.78 is 26.9. The van der Waals surface area contributed by atoms with Crippen LogP contribution in [0.15, 0.2) is 64.9 Å². The summed E-state index contributed by atoms with van der Waals surface area (Å²) in [4.78, 5) is 24.4. The molecule has 168 valence electrons. The van der Waals surface area contributed by atoms with Gasteiger partial charge in [0.05, 0.1) is 4.92 Å². The van der Waals surface area contributed by atoms with Crippen LogP contribution in [0.5, 0.6) is 0 Å². The average molecular weight is 474 g/mol. The van der Waals surface area contributed by atoms with Crippen LogP contribution in [-0.4, -0.2) is 36.5 Å². The Morgan fingerprint density at radius 1 is 1.03 bits per heavy atom. The number of nitrogens with one attached hydrogen (secondary N) is 1. The van der Waals surface area contributed by atoms with E-state index in [2.05, 4.69) is 5.32 Å². The summed E-state index contributed by atoms with van der Waals surface area (Å²) in [5.41, 5.74) is 0.695. The first-order chi connectivity index (χ1) is 15.3. The highest BCUT2D eigenvalue weighted by molar-refractivity contribution is 7.91. The van der Waals surface area contributed by atoms with Crippen LogP contribution < -0.4 is 5.32 Å². The molecule has 0 fully saturated rings. The van der Waals surface area contributed by atoms with E-state index >= 15 is 0 Å². The van der Waals surface area contributed by atoms with Gasteiger partial charge in [-0.15, -0.1) is 11.3 Å². The van der Waals surface area contributed by atoms with Gasteiger partial charge < -0.3 is 5.32 Å². The minimum atomic E-state index is -3.55. The molecule has 0 aliphatic carbocycles. The van der Waals surface area contributed by atoms with Gasteiger partial charge in [0.15, 0.2) is 5.78 Å². The van der Waals surface area contributed by atoms with E-state index in [-0.39, 0.29) is 33.5 Å². The molecule has 0 spiro atoms. The monoisotopic (exact) mass is 473 g/mol. The Hall–Kier alpha value is -3.08. The number of nitrogens with zero attached hydrogens (tertiary/aromatic N) is 2. The second-order valence-electron chi connectivity index (χ2n) is 6.85. The van der Waals surface area contributed by atoms with Crippen LogP contribution in [0.2, 0.25) is 0 Å². The number of nitro benzene ring substituents is 1. The van der Waals surface area contributed by atoms with Crippen molar-refractivity contribution < 1.29 is 18.1 Å². The average Bonchev–Trinajstić information content (AvgIpc) is 3.28. The largest absolute Gasteiger partial charge is 0.375 e. The van der Waals surface area contributed by atoms with Gasteiger partial charge in [0.1, 0.15) is 9.90 Å². The molecule has 0 radical (unpaired) electrons. The Morgan fingerprint density at radius 2 is 1.72 bits per heavy atom. The van der Waals surface area contributed by atoms with Crippen LogP contribution in [0.25, 0.3) is 0 Å². The minimum absolute atomic E-state index is 0.214. The van der Waals surface area contributed by atoms with Gasteiger partial charge in [0, 0.05) is 41.7 Å². The standard InChI is InChI=1S/C22H23N3O5S2/c1-3-24(4-2)32(29,30)21-13-11-18(31-21)15-23-19-12-10-17(14-20(19)25(27)28)22(26)16-8-6-5-7-9-16/h5-14,23H,3-4,15H2,1-2H3. The topological polar surface area (TPSA) is 110 Å². The zero-order valence-electron chi connectivity index (χ0n) is 17.6. The van der Waals surface area contributed by atoms with Gasteiger partial charge >= 0.3 is 0 Å². The van der Waals surface area contributed by atoms with E-state index in [1.165, 1.54) is 22.5 Å². The molecule has 0 aliphatic rings. The van der Waals surface area contributed by atoms with E-state index in [1.807, 2.05) is 0 Å². The summed E-state index contributed by atoms with van der Waals surface area (Å²) in [7, 11) is -3.55. The molecule has 8 nitrogen and oxygen atoms in total. The van der Waals surface area contributed by atoms with Gasteiger partial charge in [-0.05, 0) is 24.3 Å².